The normalized spacial score (nSPS) is 13.7. The van der Waals surface area contributed by atoms with Crippen LogP contribution < -0.4 is 10.2 Å². The summed E-state index contributed by atoms with van der Waals surface area (Å²) in [4.78, 5) is 31.6. The van der Waals surface area contributed by atoms with Crippen LogP contribution in [0.15, 0.2) is 66.7 Å². The van der Waals surface area contributed by atoms with Gasteiger partial charge in [-0.15, -0.1) is 0 Å². The fourth-order valence-electron chi connectivity index (χ4n) is 4.43. The maximum absolute atomic E-state index is 13.5. The van der Waals surface area contributed by atoms with E-state index in [1.165, 1.54) is 12.1 Å². The van der Waals surface area contributed by atoms with Crippen molar-refractivity contribution in [3.8, 4) is 6.07 Å². The zero-order chi connectivity index (χ0) is 25.7. The molecule has 8 heteroatoms. The van der Waals surface area contributed by atoms with E-state index in [9.17, 15) is 14.0 Å². The van der Waals surface area contributed by atoms with Gasteiger partial charge in [-0.1, -0.05) is 24.3 Å². The molecule has 0 atom stereocenters. The fraction of sp³-hybridized carbons (Fsp3) is 0.250. The fourth-order valence-corrected chi connectivity index (χ4v) is 4.43. The van der Waals surface area contributed by atoms with E-state index in [0.29, 0.717) is 55.1 Å². The van der Waals surface area contributed by atoms with Crippen LogP contribution in [0.1, 0.15) is 31.8 Å². The molecule has 0 aromatic heterocycles. The van der Waals surface area contributed by atoms with Crippen molar-refractivity contribution >= 4 is 23.2 Å². The molecule has 3 aromatic rings. The summed E-state index contributed by atoms with van der Waals surface area (Å²) < 4.78 is 13.5. The Labute approximate surface area is 210 Å². The average molecular weight is 486 g/mol. The summed E-state index contributed by atoms with van der Waals surface area (Å²) in [7, 11) is 3.86. The van der Waals surface area contributed by atoms with Gasteiger partial charge in [0.05, 0.1) is 23.0 Å². The monoisotopic (exact) mass is 485 g/mol. The Morgan fingerprint density at radius 1 is 0.972 bits per heavy atom. The van der Waals surface area contributed by atoms with E-state index in [1.54, 1.807) is 41.3 Å². The molecule has 0 bridgehead atoms. The van der Waals surface area contributed by atoms with Crippen LogP contribution in [-0.2, 0) is 6.54 Å². The maximum Gasteiger partial charge on any atom is 0.255 e. The second-order valence-corrected chi connectivity index (χ2v) is 8.93. The molecule has 1 aliphatic rings. The SMILES string of the molecule is CN(C)c1c(CN2CCN(C(=O)c3cccc(F)c3)CC2)cccc1NC(=O)c1cccc(C#N)c1. The molecular weight excluding hydrogens is 457 g/mol. The zero-order valence-electron chi connectivity index (χ0n) is 20.4. The number of carbonyl (C=O) groups is 2. The first kappa shape index (κ1) is 24.9. The van der Waals surface area contributed by atoms with Crippen LogP contribution in [-0.4, -0.2) is 61.9 Å². The van der Waals surface area contributed by atoms with Gasteiger partial charge in [0.25, 0.3) is 11.8 Å². The second kappa shape index (κ2) is 11.0. The summed E-state index contributed by atoms with van der Waals surface area (Å²) in [5.74, 6) is -0.856. The molecule has 1 N–H and O–H groups in total. The third-order valence-corrected chi connectivity index (χ3v) is 6.19. The molecule has 2 amide bonds. The van der Waals surface area contributed by atoms with Gasteiger partial charge in [-0.05, 0) is 48.0 Å². The van der Waals surface area contributed by atoms with Crippen LogP contribution >= 0.6 is 0 Å². The molecule has 36 heavy (non-hydrogen) atoms. The van der Waals surface area contributed by atoms with Crippen LogP contribution in [0.2, 0.25) is 0 Å². The van der Waals surface area contributed by atoms with E-state index in [4.69, 9.17) is 5.26 Å². The number of benzene rings is 3. The highest BCUT2D eigenvalue weighted by Crippen LogP contribution is 2.30. The Bertz CT molecular complexity index is 1310. The van der Waals surface area contributed by atoms with Crippen LogP contribution in [0.5, 0.6) is 0 Å². The van der Waals surface area contributed by atoms with E-state index in [-0.39, 0.29) is 11.8 Å². The first-order chi connectivity index (χ1) is 17.4. The van der Waals surface area contributed by atoms with Crippen molar-refractivity contribution in [3.63, 3.8) is 0 Å². The standard InChI is InChI=1S/C28H28FN5O2/c1-32(2)26-23(9-5-11-25(26)31-27(35)21-7-3-6-20(16-21)18-30)19-33-12-14-34(15-13-33)28(36)22-8-4-10-24(29)17-22/h3-11,16-17H,12-15,19H2,1-2H3,(H,31,35). The van der Waals surface area contributed by atoms with Crippen LogP contribution in [0, 0.1) is 17.1 Å². The average Bonchev–Trinajstić information content (AvgIpc) is 2.88. The highest BCUT2D eigenvalue weighted by Gasteiger charge is 2.24. The highest BCUT2D eigenvalue weighted by atomic mass is 19.1. The van der Waals surface area contributed by atoms with E-state index >= 15 is 0 Å². The lowest BCUT2D eigenvalue weighted by Gasteiger charge is -2.35. The molecule has 1 fully saturated rings. The molecule has 0 unspecified atom stereocenters. The summed E-state index contributed by atoms with van der Waals surface area (Å²) >= 11 is 0. The smallest absolute Gasteiger partial charge is 0.255 e. The lowest BCUT2D eigenvalue weighted by Crippen LogP contribution is -2.48. The topological polar surface area (TPSA) is 79.7 Å². The van der Waals surface area contributed by atoms with Gasteiger partial charge in [-0.3, -0.25) is 14.5 Å². The van der Waals surface area contributed by atoms with Crippen molar-refractivity contribution in [2.75, 3.05) is 50.5 Å². The second-order valence-electron chi connectivity index (χ2n) is 8.93. The van der Waals surface area contributed by atoms with Crippen molar-refractivity contribution in [1.82, 2.24) is 9.80 Å². The molecule has 1 aliphatic heterocycles. The number of nitriles is 1. The molecule has 0 aliphatic carbocycles. The molecule has 3 aromatic carbocycles. The van der Waals surface area contributed by atoms with Crippen molar-refractivity contribution < 1.29 is 14.0 Å². The summed E-state index contributed by atoms with van der Waals surface area (Å²) in [6.45, 7) is 3.14. The number of piperazine rings is 1. The van der Waals surface area contributed by atoms with Crippen molar-refractivity contribution in [1.29, 1.82) is 5.26 Å². The number of hydrogen-bond donors (Lipinski definition) is 1. The van der Waals surface area contributed by atoms with Gasteiger partial charge in [0.2, 0.25) is 0 Å². The van der Waals surface area contributed by atoms with Crippen LogP contribution in [0.4, 0.5) is 15.8 Å². The number of rotatable bonds is 6. The minimum Gasteiger partial charge on any atom is -0.376 e. The minimum absolute atomic E-state index is 0.159. The number of halogens is 1. The summed E-state index contributed by atoms with van der Waals surface area (Å²) in [6.07, 6.45) is 0. The molecule has 1 saturated heterocycles. The number of hydrogen-bond acceptors (Lipinski definition) is 5. The Kier molecular flexibility index (Phi) is 7.62. The molecule has 0 saturated carbocycles. The van der Waals surface area contributed by atoms with Crippen LogP contribution in [0.3, 0.4) is 0 Å². The Morgan fingerprint density at radius 2 is 1.67 bits per heavy atom. The zero-order valence-corrected chi connectivity index (χ0v) is 20.4. The largest absolute Gasteiger partial charge is 0.376 e. The predicted molar refractivity (Wildman–Crippen MR) is 137 cm³/mol. The third-order valence-electron chi connectivity index (χ3n) is 6.19. The molecule has 7 nitrogen and oxygen atoms in total. The van der Waals surface area contributed by atoms with E-state index < -0.39 is 5.82 Å². The van der Waals surface area contributed by atoms with Crippen LogP contribution in [0.25, 0.3) is 0 Å². The van der Waals surface area contributed by atoms with Gasteiger partial charge in [-0.25, -0.2) is 4.39 Å². The molecule has 0 spiro atoms. The molecule has 0 radical (unpaired) electrons. The van der Waals surface area contributed by atoms with E-state index in [2.05, 4.69) is 16.3 Å². The Hall–Kier alpha value is -4.22. The predicted octanol–water partition coefficient (Wildman–Crippen LogP) is 3.97. The highest BCUT2D eigenvalue weighted by molar-refractivity contribution is 6.06. The summed E-state index contributed by atoms with van der Waals surface area (Å²) in [5.41, 5.74) is 3.85. The Morgan fingerprint density at radius 3 is 2.36 bits per heavy atom. The molecule has 4 rings (SSSR count). The van der Waals surface area contributed by atoms with Gasteiger partial charge in [0.15, 0.2) is 0 Å². The third kappa shape index (κ3) is 5.70. The van der Waals surface area contributed by atoms with E-state index in [1.807, 2.05) is 37.2 Å². The minimum atomic E-state index is -0.416. The first-order valence-electron chi connectivity index (χ1n) is 11.7. The Balaban J connectivity index is 1.45. The van der Waals surface area contributed by atoms with Gasteiger partial charge < -0.3 is 15.1 Å². The maximum atomic E-state index is 13.5. The van der Waals surface area contributed by atoms with Gasteiger partial charge in [0, 0.05) is 57.9 Å². The van der Waals surface area contributed by atoms with Gasteiger partial charge >= 0.3 is 0 Å². The summed E-state index contributed by atoms with van der Waals surface area (Å²) in [5, 5.41) is 12.1. The van der Waals surface area contributed by atoms with Crippen molar-refractivity contribution in [3.05, 3.63) is 94.8 Å². The number of carbonyl (C=O) groups excluding carboxylic acids is 2. The number of para-hydroxylation sites is 1. The number of amides is 2. The number of nitrogens with one attached hydrogen (secondary N) is 1. The van der Waals surface area contributed by atoms with Crippen molar-refractivity contribution in [2.24, 2.45) is 0 Å². The number of anilines is 2. The molecule has 184 valence electrons. The number of nitrogens with zero attached hydrogens (tertiary/aromatic N) is 4. The first-order valence-corrected chi connectivity index (χ1v) is 11.7. The quantitative estimate of drug-likeness (QED) is 0.572. The van der Waals surface area contributed by atoms with Crippen molar-refractivity contribution in [2.45, 2.75) is 6.54 Å². The lowest BCUT2D eigenvalue weighted by atomic mass is 10.1. The molecule has 1 heterocycles. The van der Waals surface area contributed by atoms with E-state index in [0.717, 1.165) is 11.3 Å². The molecular formula is C28H28FN5O2. The van der Waals surface area contributed by atoms with Gasteiger partial charge in [-0.2, -0.15) is 5.26 Å². The van der Waals surface area contributed by atoms with Gasteiger partial charge in [0.1, 0.15) is 5.82 Å². The summed E-state index contributed by atoms with van der Waals surface area (Å²) in [6, 6.07) is 20.3. The lowest BCUT2D eigenvalue weighted by molar-refractivity contribution is 0.0628.